The minimum Gasteiger partial charge on any atom is -0.250 e. The van der Waals surface area contributed by atoms with Gasteiger partial charge in [0.2, 0.25) is 0 Å². The van der Waals surface area contributed by atoms with Crippen molar-refractivity contribution >= 4 is 34.5 Å². The number of halogens is 2. The maximum absolute atomic E-state index is 6.08. The first-order chi connectivity index (χ1) is 7.15. The Labute approximate surface area is 103 Å². The summed E-state index contributed by atoms with van der Waals surface area (Å²) >= 11 is 13.7. The fourth-order valence-electron chi connectivity index (χ4n) is 1.35. The van der Waals surface area contributed by atoms with Crippen LogP contribution in [0.5, 0.6) is 0 Å². The molecule has 0 atom stereocenters. The molecule has 1 aromatic carbocycles. The summed E-state index contributed by atoms with van der Waals surface area (Å²) in [5, 5.41) is 2.55. The predicted molar refractivity (Wildman–Crippen MR) is 66.1 cm³/mol. The van der Waals surface area contributed by atoms with Crippen LogP contribution in [-0.4, -0.2) is 4.98 Å². The Bertz CT molecular complexity index is 479. The molecule has 0 fully saturated rings. The van der Waals surface area contributed by atoms with Crippen molar-refractivity contribution in [3.05, 3.63) is 49.9 Å². The summed E-state index contributed by atoms with van der Waals surface area (Å²) in [5.74, 6) is 0. The molecule has 0 amide bonds. The van der Waals surface area contributed by atoms with Gasteiger partial charge >= 0.3 is 0 Å². The Kier molecular flexibility index (Phi) is 3.29. The van der Waals surface area contributed by atoms with Crippen LogP contribution < -0.4 is 0 Å². The molecule has 2 rings (SSSR count). The van der Waals surface area contributed by atoms with E-state index in [4.69, 9.17) is 23.2 Å². The average molecular weight is 258 g/mol. The fourth-order valence-corrected chi connectivity index (χ4v) is 2.55. The van der Waals surface area contributed by atoms with Gasteiger partial charge in [-0.05, 0) is 30.7 Å². The van der Waals surface area contributed by atoms with E-state index in [9.17, 15) is 0 Å². The lowest BCUT2D eigenvalue weighted by Crippen LogP contribution is -1.86. The molecule has 1 nitrogen and oxygen atoms in total. The summed E-state index contributed by atoms with van der Waals surface area (Å²) in [6.45, 7) is 1.99. The number of aryl methyl sites for hydroxylation is 1. The molecule has 78 valence electrons. The van der Waals surface area contributed by atoms with Crippen LogP contribution in [0.3, 0.4) is 0 Å². The molecule has 0 radical (unpaired) electrons. The molecule has 0 unspecified atom stereocenters. The summed E-state index contributed by atoms with van der Waals surface area (Å²) in [5.41, 5.74) is 1.05. The van der Waals surface area contributed by atoms with E-state index in [1.165, 1.54) is 4.88 Å². The van der Waals surface area contributed by atoms with E-state index < -0.39 is 0 Å². The number of rotatable bonds is 2. The van der Waals surface area contributed by atoms with Crippen LogP contribution in [0.25, 0.3) is 0 Å². The van der Waals surface area contributed by atoms with Crippen LogP contribution in [0.15, 0.2) is 24.4 Å². The third-order valence-electron chi connectivity index (χ3n) is 2.04. The first-order valence-electron chi connectivity index (χ1n) is 4.50. The van der Waals surface area contributed by atoms with Crippen LogP contribution in [0.2, 0.25) is 10.0 Å². The Morgan fingerprint density at radius 1 is 1.33 bits per heavy atom. The summed E-state index contributed by atoms with van der Waals surface area (Å²) in [6, 6.07) is 5.53. The normalized spacial score (nSPS) is 10.6. The fraction of sp³-hybridized carbons (Fsp3) is 0.182. The molecule has 1 aromatic heterocycles. The number of nitrogens with zero attached hydrogens (tertiary/aromatic N) is 1. The van der Waals surface area contributed by atoms with Crippen LogP contribution in [-0.2, 0) is 6.42 Å². The van der Waals surface area contributed by atoms with Gasteiger partial charge in [0, 0.05) is 27.5 Å². The van der Waals surface area contributed by atoms with Gasteiger partial charge in [0.1, 0.15) is 0 Å². The third-order valence-corrected chi connectivity index (χ3v) is 3.56. The van der Waals surface area contributed by atoms with Gasteiger partial charge in [0.05, 0.1) is 5.01 Å². The van der Waals surface area contributed by atoms with Gasteiger partial charge in [0.25, 0.3) is 0 Å². The SMILES string of the molecule is Cc1ncc(Cc2cc(Cl)ccc2Cl)s1. The maximum atomic E-state index is 6.08. The molecule has 4 heteroatoms. The lowest BCUT2D eigenvalue weighted by molar-refractivity contribution is 1.20. The zero-order chi connectivity index (χ0) is 10.8. The van der Waals surface area contributed by atoms with Crippen molar-refractivity contribution in [2.45, 2.75) is 13.3 Å². The molecule has 0 bridgehead atoms. The lowest BCUT2D eigenvalue weighted by Gasteiger charge is -2.02. The van der Waals surface area contributed by atoms with E-state index >= 15 is 0 Å². The molecule has 0 aliphatic carbocycles. The van der Waals surface area contributed by atoms with Crippen molar-refractivity contribution in [3.8, 4) is 0 Å². The summed E-state index contributed by atoms with van der Waals surface area (Å²) in [7, 11) is 0. The van der Waals surface area contributed by atoms with Gasteiger partial charge in [-0.25, -0.2) is 4.98 Å². The van der Waals surface area contributed by atoms with Gasteiger partial charge in [-0.15, -0.1) is 11.3 Å². The first-order valence-corrected chi connectivity index (χ1v) is 6.07. The van der Waals surface area contributed by atoms with Crippen molar-refractivity contribution in [3.63, 3.8) is 0 Å². The molecule has 0 saturated heterocycles. The number of aromatic nitrogens is 1. The van der Waals surface area contributed by atoms with Gasteiger partial charge in [-0.1, -0.05) is 23.2 Å². The Morgan fingerprint density at radius 3 is 2.80 bits per heavy atom. The van der Waals surface area contributed by atoms with Crippen molar-refractivity contribution in [2.24, 2.45) is 0 Å². The molecule has 0 N–H and O–H groups in total. The van der Waals surface area contributed by atoms with Crippen LogP contribution >= 0.6 is 34.5 Å². The number of hydrogen-bond acceptors (Lipinski definition) is 2. The van der Waals surface area contributed by atoms with E-state index in [1.807, 2.05) is 25.3 Å². The first kappa shape index (κ1) is 10.9. The Hall–Kier alpha value is -0.570. The van der Waals surface area contributed by atoms with E-state index in [-0.39, 0.29) is 0 Å². The average Bonchev–Trinajstić information content (AvgIpc) is 2.58. The standard InChI is InChI=1S/C11H9Cl2NS/c1-7-14-6-10(15-7)5-8-4-9(12)2-3-11(8)13/h2-4,6H,5H2,1H3. The summed E-state index contributed by atoms with van der Waals surface area (Å²) in [6.07, 6.45) is 2.68. The smallest absolute Gasteiger partial charge is 0.0896 e. The highest BCUT2D eigenvalue weighted by Crippen LogP contribution is 2.25. The van der Waals surface area contributed by atoms with Crippen molar-refractivity contribution in [2.75, 3.05) is 0 Å². The monoisotopic (exact) mass is 257 g/mol. The maximum Gasteiger partial charge on any atom is 0.0896 e. The van der Waals surface area contributed by atoms with E-state index in [0.29, 0.717) is 0 Å². The van der Waals surface area contributed by atoms with Gasteiger partial charge in [-0.2, -0.15) is 0 Å². The highest BCUT2D eigenvalue weighted by atomic mass is 35.5. The Balaban J connectivity index is 2.27. The number of benzene rings is 1. The molecule has 1 heterocycles. The zero-order valence-corrected chi connectivity index (χ0v) is 10.5. The molecule has 0 aliphatic rings. The number of hydrogen-bond donors (Lipinski definition) is 0. The summed E-state index contributed by atoms with van der Waals surface area (Å²) < 4.78 is 0. The number of thiazole rings is 1. The zero-order valence-electron chi connectivity index (χ0n) is 8.13. The van der Waals surface area contributed by atoms with E-state index in [1.54, 1.807) is 17.4 Å². The molecule has 2 aromatic rings. The van der Waals surface area contributed by atoms with E-state index in [0.717, 1.165) is 27.0 Å². The van der Waals surface area contributed by atoms with Crippen molar-refractivity contribution in [1.29, 1.82) is 0 Å². The lowest BCUT2D eigenvalue weighted by atomic mass is 10.1. The molecular formula is C11H9Cl2NS. The van der Waals surface area contributed by atoms with Crippen LogP contribution in [0.1, 0.15) is 15.4 Å². The van der Waals surface area contributed by atoms with Crippen molar-refractivity contribution < 1.29 is 0 Å². The van der Waals surface area contributed by atoms with E-state index in [2.05, 4.69) is 4.98 Å². The second-order valence-corrected chi connectivity index (χ2v) is 5.42. The van der Waals surface area contributed by atoms with Crippen molar-refractivity contribution in [1.82, 2.24) is 4.98 Å². The topological polar surface area (TPSA) is 12.9 Å². The van der Waals surface area contributed by atoms with Gasteiger partial charge in [0.15, 0.2) is 0 Å². The minimum atomic E-state index is 0.718. The van der Waals surface area contributed by atoms with Gasteiger partial charge in [-0.3, -0.25) is 0 Å². The molecule has 15 heavy (non-hydrogen) atoms. The highest BCUT2D eigenvalue weighted by molar-refractivity contribution is 7.11. The van der Waals surface area contributed by atoms with Gasteiger partial charge < -0.3 is 0 Å². The second kappa shape index (κ2) is 4.52. The highest BCUT2D eigenvalue weighted by Gasteiger charge is 2.05. The van der Waals surface area contributed by atoms with Crippen LogP contribution in [0, 0.1) is 6.92 Å². The third kappa shape index (κ3) is 2.71. The largest absolute Gasteiger partial charge is 0.250 e. The molecule has 0 saturated carbocycles. The molecule has 0 spiro atoms. The second-order valence-electron chi connectivity index (χ2n) is 3.26. The quantitative estimate of drug-likeness (QED) is 0.780. The molecule has 0 aliphatic heterocycles. The summed E-state index contributed by atoms with van der Waals surface area (Å²) in [4.78, 5) is 5.41. The Morgan fingerprint density at radius 2 is 2.13 bits per heavy atom. The van der Waals surface area contributed by atoms with Crippen LogP contribution in [0.4, 0.5) is 0 Å². The predicted octanol–water partition coefficient (Wildman–Crippen LogP) is 4.35. The molecular weight excluding hydrogens is 249 g/mol. The minimum absolute atomic E-state index is 0.718.